The molecule has 150 valence electrons. The fraction of sp³-hybridized carbons (Fsp3) is 0.409. The highest BCUT2D eigenvalue weighted by Gasteiger charge is 2.19. The molecule has 29 heavy (non-hydrogen) atoms. The highest BCUT2D eigenvalue weighted by molar-refractivity contribution is 5.44. The number of nitrogens with zero attached hydrogens (tertiary/aromatic N) is 6. The van der Waals surface area contributed by atoms with Crippen LogP contribution in [0.5, 0.6) is 5.75 Å². The number of fused-ring (bicyclic) bond motifs is 1. The Kier molecular flexibility index (Phi) is 4.89. The van der Waals surface area contributed by atoms with E-state index in [4.69, 9.17) is 4.74 Å². The SMILES string of the molecule is Cc1ccn(-c2cc(N3CCN(CCc4ccc5c(c4)CCO5)CC3)ncn2)n1. The van der Waals surface area contributed by atoms with E-state index in [2.05, 4.69) is 43.1 Å². The maximum absolute atomic E-state index is 5.61. The molecule has 0 N–H and O–H groups in total. The maximum atomic E-state index is 5.61. The van der Waals surface area contributed by atoms with Gasteiger partial charge < -0.3 is 9.64 Å². The van der Waals surface area contributed by atoms with Crippen molar-refractivity contribution in [1.29, 1.82) is 0 Å². The molecular weight excluding hydrogens is 364 g/mol. The van der Waals surface area contributed by atoms with Gasteiger partial charge in [-0.1, -0.05) is 12.1 Å². The molecule has 0 atom stereocenters. The molecule has 0 saturated carbocycles. The van der Waals surface area contributed by atoms with Crippen molar-refractivity contribution in [3.8, 4) is 11.6 Å². The summed E-state index contributed by atoms with van der Waals surface area (Å²) in [6, 6.07) is 10.7. The Labute approximate surface area is 170 Å². The van der Waals surface area contributed by atoms with Crippen molar-refractivity contribution in [2.24, 2.45) is 0 Å². The first-order valence-electron chi connectivity index (χ1n) is 10.3. The summed E-state index contributed by atoms with van der Waals surface area (Å²) in [7, 11) is 0. The van der Waals surface area contributed by atoms with Crippen LogP contribution in [0.1, 0.15) is 16.8 Å². The zero-order chi connectivity index (χ0) is 19.6. The van der Waals surface area contributed by atoms with Crippen molar-refractivity contribution >= 4 is 5.82 Å². The van der Waals surface area contributed by atoms with Crippen molar-refractivity contribution in [1.82, 2.24) is 24.6 Å². The first-order valence-corrected chi connectivity index (χ1v) is 10.3. The number of hydrogen-bond donors (Lipinski definition) is 0. The van der Waals surface area contributed by atoms with E-state index in [1.54, 1.807) is 11.0 Å². The van der Waals surface area contributed by atoms with Crippen molar-refractivity contribution in [3.63, 3.8) is 0 Å². The van der Waals surface area contributed by atoms with E-state index in [0.29, 0.717) is 0 Å². The molecule has 0 bridgehead atoms. The Hall–Kier alpha value is -2.93. The van der Waals surface area contributed by atoms with Gasteiger partial charge in [0.25, 0.3) is 0 Å². The average molecular weight is 390 g/mol. The molecule has 1 saturated heterocycles. The molecule has 2 aromatic heterocycles. The zero-order valence-corrected chi connectivity index (χ0v) is 16.8. The summed E-state index contributed by atoms with van der Waals surface area (Å²) in [6.07, 6.45) is 5.69. The largest absolute Gasteiger partial charge is 0.493 e. The number of piperazine rings is 1. The fourth-order valence-corrected chi connectivity index (χ4v) is 4.06. The summed E-state index contributed by atoms with van der Waals surface area (Å²) in [5.74, 6) is 2.85. The third kappa shape index (κ3) is 3.96. The lowest BCUT2D eigenvalue weighted by atomic mass is 10.1. The van der Waals surface area contributed by atoms with Crippen LogP contribution in [0.4, 0.5) is 5.82 Å². The minimum absolute atomic E-state index is 0.811. The van der Waals surface area contributed by atoms with Crippen LogP contribution in [-0.2, 0) is 12.8 Å². The summed E-state index contributed by atoms with van der Waals surface area (Å²) in [6.45, 7) is 7.96. The normalized spacial score (nSPS) is 16.7. The van der Waals surface area contributed by atoms with Gasteiger partial charge in [0, 0.05) is 51.4 Å². The van der Waals surface area contributed by atoms with Gasteiger partial charge in [0.15, 0.2) is 5.82 Å². The molecular formula is C22H26N6O. The van der Waals surface area contributed by atoms with Gasteiger partial charge in [0.05, 0.1) is 12.3 Å². The number of ether oxygens (including phenoxy) is 1. The predicted octanol–water partition coefficient (Wildman–Crippen LogP) is 2.27. The van der Waals surface area contributed by atoms with Crippen LogP contribution in [-0.4, -0.2) is 64.0 Å². The molecule has 0 unspecified atom stereocenters. The number of aryl methyl sites for hydroxylation is 1. The first kappa shape index (κ1) is 18.1. The van der Waals surface area contributed by atoms with Crippen LogP contribution in [0.25, 0.3) is 5.82 Å². The molecule has 2 aliphatic rings. The molecule has 2 aliphatic heterocycles. The highest BCUT2D eigenvalue weighted by atomic mass is 16.5. The molecule has 5 rings (SSSR count). The fourth-order valence-electron chi connectivity index (χ4n) is 4.06. The molecule has 4 heterocycles. The Balaban J connectivity index is 1.17. The average Bonchev–Trinajstić information content (AvgIpc) is 3.41. The van der Waals surface area contributed by atoms with Gasteiger partial charge in [-0.05, 0) is 36.6 Å². The lowest BCUT2D eigenvalue weighted by Gasteiger charge is -2.35. The van der Waals surface area contributed by atoms with Gasteiger partial charge in [-0.3, -0.25) is 4.90 Å². The van der Waals surface area contributed by atoms with Crippen molar-refractivity contribution in [3.05, 3.63) is 59.7 Å². The Morgan fingerprint density at radius 1 is 1.00 bits per heavy atom. The van der Waals surface area contributed by atoms with Gasteiger partial charge in [0.1, 0.15) is 17.9 Å². The molecule has 3 aromatic rings. The second-order valence-electron chi connectivity index (χ2n) is 7.76. The van der Waals surface area contributed by atoms with E-state index in [1.165, 1.54) is 11.1 Å². The smallest absolute Gasteiger partial charge is 0.158 e. The van der Waals surface area contributed by atoms with Gasteiger partial charge in [-0.2, -0.15) is 5.10 Å². The van der Waals surface area contributed by atoms with E-state index in [-0.39, 0.29) is 0 Å². The summed E-state index contributed by atoms with van der Waals surface area (Å²) in [4.78, 5) is 13.7. The molecule has 7 heteroatoms. The number of benzene rings is 1. The number of rotatable bonds is 5. The van der Waals surface area contributed by atoms with Crippen LogP contribution < -0.4 is 9.64 Å². The monoisotopic (exact) mass is 390 g/mol. The lowest BCUT2D eigenvalue weighted by molar-refractivity contribution is 0.260. The van der Waals surface area contributed by atoms with Crippen molar-refractivity contribution < 1.29 is 4.74 Å². The molecule has 7 nitrogen and oxygen atoms in total. The third-order valence-electron chi connectivity index (χ3n) is 5.76. The third-order valence-corrected chi connectivity index (χ3v) is 5.76. The Morgan fingerprint density at radius 3 is 2.69 bits per heavy atom. The van der Waals surface area contributed by atoms with Crippen LogP contribution >= 0.6 is 0 Å². The quantitative estimate of drug-likeness (QED) is 0.666. The maximum Gasteiger partial charge on any atom is 0.158 e. The van der Waals surface area contributed by atoms with Gasteiger partial charge >= 0.3 is 0 Å². The molecule has 0 aliphatic carbocycles. The van der Waals surface area contributed by atoms with Crippen molar-refractivity contribution in [2.45, 2.75) is 19.8 Å². The molecule has 0 amide bonds. The van der Waals surface area contributed by atoms with Crippen LogP contribution in [0.15, 0.2) is 42.9 Å². The van der Waals surface area contributed by atoms with Crippen molar-refractivity contribution in [2.75, 3.05) is 44.2 Å². The highest BCUT2D eigenvalue weighted by Crippen LogP contribution is 2.26. The van der Waals surface area contributed by atoms with E-state index in [9.17, 15) is 0 Å². The molecule has 1 aromatic carbocycles. The standard InChI is InChI=1S/C22H26N6O/c1-17-4-8-28(25-17)22-15-21(23-16-24-22)27-11-9-26(10-12-27)7-5-18-2-3-20-19(14-18)6-13-29-20/h2-4,8,14-16H,5-7,9-13H2,1H3. The van der Waals surface area contributed by atoms with Gasteiger partial charge in [0.2, 0.25) is 0 Å². The van der Waals surface area contributed by atoms with E-state index in [1.807, 2.05) is 25.3 Å². The van der Waals surface area contributed by atoms with Gasteiger partial charge in [-0.25, -0.2) is 14.6 Å². The Morgan fingerprint density at radius 2 is 1.86 bits per heavy atom. The predicted molar refractivity (Wildman–Crippen MR) is 112 cm³/mol. The van der Waals surface area contributed by atoms with Crippen LogP contribution in [0, 0.1) is 6.92 Å². The molecule has 0 spiro atoms. The van der Waals surface area contributed by atoms with Gasteiger partial charge in [-0.15, -0.1) is 0 Å². The summed E-state index contributed by atoms with van der Waals surface area (Å²) in [5, 5.41) is 4.45. The second-order valence-corrected chi connectivity index (χ2v) is 7.76. The minimum atomic E-state index is 0.811. The number of hydrogen-bond acceptors (Lipinski definition) is 6. The number of anilines is 1. The minimum Gasteiger partial charge on any atom is -0.493 e. The summed E-state index contributed by atoms with van der Waals surface area (Å²) >= 11 is 0. The van der Waals surface area contributed by atoms with E-state index < -0.39 is 0 Å². The summed E-state index contributed by atoms with van der Waals surface area (Å²) in [5.41, 5.74) is 3.75. The van der Waals surface area contributed by atoms with Crippen LogP contribution in [0.2, 0.25) is 0 Å². The number of aromatic nitrogens is 4. The second kappa shape index (κ2) is 7.83. The lowest BCUT2D eigenvalue weighted by Crippen LogP contribution is -2.47. The first-order chi connectivity index (χ1) is 14.2. The van der Waals surface area contributed by atoms with E-state index >= 15 is 0 Å². The zero-order valence-electron chi connectivity index (χ0n) is 16.8. The topological polar surface area (TPSA) is 59.3 Å². The molecule has 0 radical (unpaired) electrons. The Bertz CT molecular complexity index is 992. The van der Waals surface area contributed by atoms with Crippen LogP contribution in [0.3, 0.4) is 0 Å². The molecule has 1 fully saturated rings. The summed E-state index contributed by atoms with van der Waals surface area (Å²) < 4.78 is 7.41. The van der Waals surface area contributed by atoms with E-state index in [0.717, 1.165) is 75.3 Å².